The first-order chi connectivity index (χ1) is 14.9. The van der Waals surface area contributed by atoms with Crippen molar-refractivity contribution in [3.63, 3.8) is 0 Å². The van der Waals surface area contributed by atoms with Crippen LogP contribution in [0.25, 0.3) is 22.6 Å². The fraction of sp³-hybridized carbons (Fsp3) is 0.167. The molecule has 2 aromatic carbocycles. The highest BCUT2D eigenvalue weighted by molar-refractivity contribution is 6.08. The number of aromatic nitrogens is 1. The number of amides is 3. The Kier molecular flexibility index (Phi) is 5.49. The summed E-state index contributed by atoms with van der Waals surface area (Å²) in [6.07, 6.45) is 2.28. The van der Waals surface area contributed by atoms with E-state index in [0.29, 0.717) is 22.9 Å². The second-order valence-electron chi connectivity index (χ2n) is 7.31. The second kappa shape index (κ2) is 8.39. The van der Waals surface area contributed by atoms with E-state index in [0.717, 1.165) is 28.8 Å². The number of carbonyl (C=O) groups is 3. The number of allylic oxidation sites excluding steroid dienone is 1. The monoisotopic (exact) mass is 415 g/mol. The van der Waals surface area contributed by atoms with Gasteiger partial charge in [0.2, 0.25) is 0 Å². The second-order valence-corrected chi connectivity index (χ2v) is 7.31. The van der Waals surface area contributed by atoms with Crippen LogP contribution in [-0.2, 0) is 16.0 Å². The lowest BCUT2D eigenvalue weighted by Gasteiger charge is -2.15. The number of hydrogen-bond acceptors (Lipinski definition) is 5. The number of para-hydroxylation sites is 1. The van der Waals surface area contributed by atoms with Gasteiger partial charge < -0.3 is 10.5 Å². The normalized spacial score (nSPS) is 14.8. The lowest BCUT2D eigenvalue weighted by molar-refractivity contribution is -0.127. The largest absolute Gasteiger partial charge is 0.449 e. The molecule has 3 aromatic rings. The molecule has 4 rings (SSSR count). The van der Waals surface area contributed by atoms with Crippen molar-refractivity contribution in [3.05, 3.63) is 77.0 Å². The Bertz CT molecular complexity index is 1220. The minimum Gasteiger partial charge on any atom is -0.449 e. The molecule has 0 fully saturated rings. The number of pyridine rings is 1. The number of carbonyl (C=O) groups excluding carboxylic acids is 3. The first-order valence-corrected chi connectivity index (χ1v) is 9.93. The highest BCUT2D eigenvalue weighted by atomic mass is 16.5. The Morgan fingerprint density at radius 1 is 1.06 bits per heavy atom. The minimum atomic E-state index is -1.18. The van der Waals surface area contributed by atoms with E-state index >= 15 is 0 Å². The molecule has 0 saturated carbocycles. The molecular formula is C24H21N3O4. The summed E-state index contributed by atoms with van der Waals surface area (Å²) < 4.78 is 5.38. The van der Waals surface area contributed by atoms with Gasteiger partial charge in [-0.1, -0.05) is 48.5 Å². The summed E-state index contributed by atoms with van der Waals surface area (Å²) in [5.74, 6) is -1.41. The molecule has 1 aliphatic carbocycles. The third-order valence-corrected chi connectivity index (χ3v) is 5.19. The van der Waals surface area contributed by atoms with Crippen LogP contribution in [0.3, 0.4) is 0 Å². The SMILES string of the molecule is CC(OC(=O)c1c2c(nc3ccccc13)C(=Cc1ccccc1)CC2)C(=O)NC(N)=O. The first kappa shape index (κ1) is 20.3. The zero-order valence-electron chi connectivity index (χ0n) is 16.9. The number of urea groups is 1. The van der Waals surface area contributed by atoms with Crippen molar-refractivity contribution in [3.8, 4) is 0 Å². The van der Waals surface area contributed by atoms with E-state index in [4.69, 9.17) is 15.5 Å². The van der Waals surface area contributed by atoms with Crippen molar-refractivity contribution in [2.24, 2.45) is 5.73 Å². The summed E-state index contributed by atoms with van der Waals surface area (Å²) in [6.45, 7) is 1.39. The standard InChI is InChI=1S/C24H21N3O4/c1-14(22(28)27-24(25)30)31-23(29)20-17-9-5-6-10-19(17)26-21-16(11-12-18(20)21)13-15-7-3-2-4-8-15/h2-10,13-14H,11-12H2,1H3,(H3,25,27,28,30). The molecule has 1 aromatic heterocycles. The van der Waals surface area contributed by atoms with Gasteiger partial charge in [-0.25, -0.2) is 14.6 Å². The molecule has 1 heterocycles. The van der Waals surface area contributed by atoms with Gasteiger partial charge in [0.25, 0.3) is 5.91 Å². The Morgan fingerprint density at radius 3 is 2.52 bits per heavy atom. The van der Waals surface area contributed by atoms with Gasteiger partial charge in [-0.15, -0.1) is 0 Å². The summed E-state index contributed by atoms with van der Waals surface area (Å²) in [5.41, 5.74) is 9.71. The fourth-order valence-corrected chi connectivity index (χ4v) is 3.76. The number of esters is 1. The predicted octanol–water partition coefficient (Wildman–Crippen LogP) is 3.46. The van der Waals surface area contributed by atoms with E-state index < -0.39 is 24.0 Å². The van der Waals surface area contributed by atoms with E-state index in [2.05, 4.69) is 6.08 Å². The lowest BCUT2D eigenvalue weighted by atomic mass is 10.0. The smallest absolute Gasteiger partial charge is 0.339 e. The van der Waals surface area contributed by atoms with Crippen LogP contribution in [0.15, 0.2) is 54.6 Å². The maximum Gasteiger partial charge on any atom is 0.339 e. The Morgan fingerprint density at radius 2 is 1.77 bits per heavy atom. The van der Waals surface area contributed by atoms with E-state index in [1.54, 1.807) is 0 Å². The van der Waals surface area contributed by atoms with E-state index in [9.17, 15) is 14.4 Å². The van der Waals surface area contributed by atoms with Crippen LogP contribution in [-0.4, -0.2) is 29.0 Å². The molecule has 1 atom stereocenters. The van der Waals surface area contributed by atoms with Crippen LogP contribution < -0.4 is 11.1 Å². The summed E-state index contributed by atoms with van der Waals surface area (Å²) in [4.78, 5) is 40.8. The van der Waals surface area contributed by atoms with Crippen molar-refractivity contribution < 1.29 is 19.1 Å². The fourth-order valence-electron chi connectivity index (χ4n) is 3.76. The quantitative estimate of drug-likeness (QED) is 0.634. The number of ether oxygens (including phenoxy) is 1. The maximum absolute atomic E-state index is 13.1. The molecule has 0 radical (unpaired) electrons. The molecule has 31 heavy (non-hydrogen) atoms. The molecule has 156 valence electrons. The van der Waals surface area contributed by atoms with Crippen LogP contribution >= 0.6 is 0 Å². The van der Waals surface area contributed by atoms with Crippen molar-refractivity contribution in [1.82, 2.24) is 10.3 Å². The molecule has 0 bridgehead atoms. The van der Waals surface area contributed by atoms with E-state index in [-0.39, 0.29) is 0 Å². The van der Waals surface area contributed by atoms with Gasteiger partial charge in [0.15, 0.2) is 6.10 Å². The summed E-state index contributed by atoms with van der Waals surface area (Å²) in [7, 11) is 0. The molecule has 1 aliphatic rings. The summed E-state index contributed by atoms with van der Waals surface area (Å²) >= 11 is 0. The number of rotatable bonds is 4. The minimum absolute atomic E-state index is 0.399. The molecular weight excluding hydrogens is 394 g/mol. The molecule has 7 heteroatoms. The predicted molar refractivity (Wildman–Crippen MR) is 117 cm³/mol. The van der Waals surface area contributed by atoms with Gasteiger partial charge >= 0.3 is 12.0 Å². The third-order valence-electron chi connectivity index (χ3n) is 5.19. The Balaban J connectivity index is 1.76. The first-order valence-electron chi connectivity index (χ1n) is 9.93. The van der Waals surface area contributed by atoms with Gasteiger partial charge in [-0.2, -0.15) is 0 Å². The molecule has 3 amide bonds. The number of nitrogens with zero attached hydrogens (tertiary/aromatic N) is 1. The number of nitrogens with one attached hydrogen (secondary N) is 1. The van der Waals surface area contributed by atoms with Crippen LogP contribution in [0.4, 0.5) is 4.79 Å². The molecule has 0 saturated heterocycles. The molecule has 0 spiro atoms. The van der Waals surface area contributed by atoms with Crippen LogP contribution in [0.2, 0.25) is 0 Å². The Labute approximate surface area is 178 Å². The topological polar surface area (TPSA) is 111 Å². The van der Waals surface area contributed by atoms with Gasteiger partial charge in [0, 0.05) is 5.39 Å². The highest BCUT2D eigenvalue weighted by Gasteiger charge is 2.29. The van der Waals surface area contributed by atoms with E-state index in [1.807, 2.05) is 59.9 Å². The van der Waals surface area contributed by atoms with E-state index in [1.165, 1.54) is 6.92 Å². The summed E-state index contributed by atoms with van der Waals surface area (Å²) in [5, 5.41) is 2.59. The van der Waals surface area contributed by atoms with Crippen LogP contribution in [0, 0.1) is 0 Å². The average molecular weight is 415 g/mol. The van der Waals surface area contributed by atoms with Crippen molar-refractivity contribution in [1.29, 1.82) is 0 Å². The van der Waals surface area contributed by atoms with Crippen molar-refractivity contribution >= 4 is 40.5 Å². The van der Waals surface area contributed by atoms with Crippen molar-refractivity contribution in [2.75, 3.05) is 0 Å². The zero-order valence-corrected chi connectivity index (χ0v) is 16.9. The molecule has 1 unspecified atom stereocenters. The maximum atomic E-state index is 13.1. The zero-order chi connectivity index (χ0) is 22.0. The number of fused-ring (bicyclic) bond motifs is 2. The highest BCUT2D eigenvalue weighted by Crippen LogP contribution is 2.37. The number of nitrogens with two attached hydrogens (primary N) is 1. The Hall–Kier alpha value is -4.00. The number of hydrogen-bond donors (Lipinski definition) is 2. The molecule has 0 aliphatic heterocycles. The molecule has 3 N–H and O–H groups in total. The summed E-state index contributed by atoms with van der Waals surface area (Å²) in [6, 6.07) is 16.3. The van der Waals surface area contributed by atoms with Gasteiger partial charge in [0.1, 0.15) is 0 Å². The number of benzene rings is 2. The number of primary amides is 1. The van der Waals surface area contributed by atoms with Crippen LogP contribution in [0.5, 0.6) is 0 Å². The van der Waals surface area contributed by atoms with Crippen LogP contribution in [0.1, 0.15) is 40.5 Å². The van der Waals surface area contributed by atoms with Crippen molar-refractivity contribution in [2.45, 2.75) is 25.9 Å². The average Bonchev–Trinajstić information content (AvgIpc) is 3.14. The van der Waals surface area contributed by atoms with Gasteiger partial charge in [0.05, 0.1) is 16.8 Å². The third kappa shape index (κ3) is 4.16. The van der Waals surface area contributed by atoms with Gasteiger partial charge in [-0.3, -0.25) is 10.1 Å². The lowest BCUT2D eigenvalue weighted by Crippen LogP contribution is -2.42. The molecule has 7 nitrogen and oxygen atoms in total. The number of imide groups is 1. The van der Waals surface area contributed by atoms with Gasteiger partial charge in [-0.05, 0) is 48.6 Å².